The molecular formula is C21H24N2O3S. The molecule has 5 nitrogen and oxygen atoms in total. The quantitative estimate of drug-likeness (QED) is 0.649. The summed E-state index contributed by atoms with van der Waals surface area (Å²) in [5.41, 5.74) is 2.21. The predicted molar refractivity (Wildman–Crippen MR) is 110 cm³/mol. The van der Waals surface area contributed by atoms with Crippen molar-refractivity contribution in [3.8, 4) is 11.5 Å². The average Bonchev–Trinajstić information content (AvgIpc) is 3.02. The molecule has 1 heterocycles. The second-order valence-corrected chi connectivity index (χ2v) is 8.22. The molecule has 0 aliphatic heterocycles. The van der Waals surface area contributed by atoms with E-state index < -0.39 is 0 Å². The topological polar surface area (TPSA) is 60.5 Å². The van der Waals surface area contributed by atoms with Gasteiger partial charge in [-0.15, -0.1) is 0 Å². The predicted octanol–water partition coefficient (Wildman–Crippen LogP) is 5.01. The Hall–Kier alpha value is -2.60. The van der Waals surface area contributed by atoms with Crippen molar-refractivity contribution >= 4 is 32.6 Å². The summed E-state index contributed by atoms with van der Waals surface area (Å²) in [4.78, 5) is 16.6. The van der Waals surface area contributed by atoms with Crippen LogP contribution < -0.4 is 14.8 Å². The normalized spacial score (nSPS) is 11.4. The Morgan fingerprint density at radius 3 is 2.37 bits per heavy atom. The highest BCUT2D eigenvalue weighted by molar-refractivity contribution is 7.22. The highest BCUT2D eigenvalue weighted by atomic mass is 32.1. The second-order valence-electron chi connectivity index (χ2n) is 7.19. The van der Waals surface area contributed by atoms with Crippen molar-refractivity contribution in [1.29, 1.82) is 0 Å². The lowest BCUT2D eigenvalue weighted by atomic mass is 9.87. The molecule has 3 aromatic rings. The number of thiazole rings is 1. The summed E-state index contributed by atoms with van der Waals surface area (Å²) in [5, 5.41) is 3.39. The molecule has 0 unspecified atom stereocenters. The number of hydrogen-bond acceptors (Lipinski definition) is 5. The number of ether oxygens (including phenoxy) is 2. The molecule has 27 heavy (non-hydrogen) atoms. The maximum atomic E-state index is 12.2. The van der Waals surface area contributed by atoms with E-state index >= 15 is 0 Å². The van der Waals surface area contributed by atoms with Gasteiger partial charge < -0.3 is 9.47 Å². The molecule has 6 heteroatoms. The summed E-state index contributed by atoms with van der Waals surface area (Å²) in [6, 6.07) is 13.4. The molecule has 0 spiro atoms. The fourth-order valence-corrected chi connectivity index (χ4v) is 3.47. The number of hydrogen-bond donors (Lipinski definition) is 1. The molecule has 0 fully saturated rings. The van der Waals surface area contributed by atoms with Gasteiger partial charge in [-0.1, -0.05) is 38.2 Å². The summed E-state index contributed by atoms with van der Waals surface area (Å²) in [6.45, 7) is 9.00. The van der Waals surface area contributed by atoms with E-state index in [0.717, 1.165) is 16.0 Å². The molecule has 1 aromatic heterocycles. The van der Waals surface area contributed by atoms with Gasteiger partial charge in [-0.25, -0.2) is 4.98 Å². The number of aromatic nitrogens is 1. The van der Waals surface area contributed by atoms with Gasteiger partial charge in [0, 0.05) is 0 Å². The van der Waals surface area contributed by atoms with E-state index in [4.69, 9.17) is 9.47 Å². The molecule has 0 atom stereocenters. The lowest BCUT2D eigenvalue weighted by Gasteiger charge is -2.18. The first-order valence-corrected chi connectivity index (χ1v) is 9.73. The van der Waals surface area contributed by atoms with Crippen LogP contribution in [0, 0.1) is 0 Å². The van der Waals surface area contributed by atoms with Gasteiger partial charge >= 0.3 is 0 Å². The van der Waals surface area contributed by atoms with Crippen molar-refractivity contribution in [3.63, 3.8) is 0 Å². The Labute approximate surface area is 163 Å². The van der Waals surface area contributed by atoms with Gasteiger partial charge in [0.05, 0.1) is 16.8 Å². The number of carbonyl (C=O) groups is 1. The Kier molecular flexibility index (Phi) is 5.65. The number of benzene rings is 2. The molecule has 142 valence electrons. The van der Waals surface area contributed by atoms with Gasteiger partial charge in [-0.05, 0) is 54.3 Å². The van der Waals surface area contributed by atoms with Gasteiger partial charge in [0.15, 0.2) is 11.7 Å². The summed E-state index contributed by atoms with van der Waals surface area (Å²) >= 11 is 1.47. The third-order valence-corrected chi connectivity index (χ3v) is 4.94. The van der Waals surface area contributed by atoms with Crippen molar-refractivity contribution in [1.82, 2.24) is 4.98 Å². The van der Waals surface area contributed by atoms with Crippen molar-refractivity contribution in [2.75, 3.05) is 18.5 Å². The van der Waals surface area contributed by atoms with Crippen LogP contribution in [0.2, 0.25) is 0 Å². The van der Waals surface area contributed by atoms with E-state index in [1.165, 1.54) is 16.9 Å². The van der Waals surface area contributed by atoms with Gasteiger partial charge in [0.2, 0.25) is 0 Å². The lowest BCUT2D eigenvalue weighted by molar-refractivity contribution is -0.118. The number of nitrogens with zero attached hydrogens (tertiary/aromatic N) is 1. The zero-order chi connectivity index (χ0) is 19.4. The average molecular weight is 385 g/mol. The van der Waals surface area contributed by atoms with Crippen LogP contribution in [0.5, 0.6) is 11.5 Å². The van der Waals surface area contributed by atoms with Gasteiger partial charge in [0.1, 0.15) is 11.5 Å². The van der Waals surface area contributed by atoms with E-state index in [9.17, 15) is 4.79 Å². The van der Waals surface area contributed by atoms with E-state index in [2.05, 4.69) is 43.2 Å². The van der Waals surface area contributed by atoms with Crippen LogP contribution in [0.1, 0.15) is 33.3 Å². The van der Waals surface area contributed by atoms with Gasteiger partial charge in [-0.2, -0.15) is 0 Å². The van der Waals surface area contributed by atoms with E-state index in [1.807, 2.05) is 25.1 Å². The third kappa shape index (κ3) is 4.98. The largest absolute Gasteiger partial charge is 0.494 e. The maximum absolute atomic E-state index is 12.2. The molecule has 0 bridgehead atoms. The van der Waals surface area contributed by atoms with Crippen LogP contribution >= 0.6 is 11.3 Å². The molecule has 1 N–H and O–H groups in total. The minimum atomic E-state index is -0.237. The Bertz CT molecular complexity index is 927. The Balaban J connectivity index is 1.60. The van der Waals surface area contributed by atoms with Crippen LogP contribution in [-0.2, 0) is 10.2 Å². The fourth-order valence-electron chi connectivity index (χ4n) is 2.55. The van der Waals surface area contributed by atoms with Crippen LogP contribution in [0.3, 0.4) is 0 Å². The van der Waals surface area contributed by atoms with Gasteiger partial charge in [0.25, 0.3) is 5.91 Å². The zero-order valence-corrected chi connectivity index (χ0v) is 16.9. The molecule has 0 saturated carbocycles. The van der Waals surface area contributed by atoms with Crippen LogP contribution in [0.4, 0.5) is 5.13 Å². The second kappa shape index (κ2) is 7.96. The molecular weight excluding hydrogens is 360 g/mol. The Morgan fingerprint density at radius 2 is 1.74 bits per heavy atom. The number of anilines is 1. The monoisotopic (exact) mass is 384 g/mol. The smallest absolute Gasteiger partial charge is 0.264 e. The maximum Gasteiger partial charge on any atom is 0.264 e. The molecule has 0 saturated heterocycles. The molecule has 2 aromatic carbocycles. The van der Waals surface area contributed by atoms with Crippen LogP contribution in [0.15, 0.2) is 42.5 Å². The number of rotatable bonds is 6. The number of carbonyl (C=O) groups excluding carboxylic acids is 1. The van der Waals surface area contributed by atoms with Gasteiger partial charge in [-0.3, -0.25) is 10.1 Å². The lowest BCUT2D eigenvalue weighted by Crippen LogP contribution is -2.19. The zero-order valence-electron chi connectivity index (χ0n) is 16.0. The standard InChI is InChI=1S/C21H24N2O3S/c1-5-25-15-7-9-16(10-8-15)26-13-19(24)23-20-22-17-11-6-14(21(2,3)4)12-18(17)27-20/h6-12H,5,13H2,1-4H3,(H,22,23,24). The van der Waals surface area contributed by atoms with E-state index in [1.54, 1.807) is 12.1 Å². The number of fused-ring (bicyclic) bond motifs is 1. The number of nitrogens with one attached hydrogen (secondary N) is 1. The highest BCUT2D eigenvalue weighted by Gasteiger charge is 2.15. The SMILES string of the molecule is CCOc1ccc(OCC(=O)Nc2nc3ccc(C(C)(C)C)cc3s2)cc1. The highest BCUT2D eigenvalue weighted by Crippen LogP contribution is 2.31. The number of amides is 1. The van der Waals surface area contributed by atoms with E-state index in [0.29, 0.717) is 17.5 Å². The summed E-state index contributed by atoms with van der Waals surface area (Å²) in [5.74, 6) is 1.16. The molecule has 3 rings (SSSR count). The van der Waals surface area contributed by atoms with Crippen LogP contribution in [-0.4, -0.2) is 24.1 Å². The van der Waals surface area contributed by atoms with Crippen molar-refractivity contribution in [2.24, 2.45) is 0 Å². The summed E-state index contributed by atoms with van der Waals surface area (Å²) < 4.78 is 12.0. The molecule has 0 aliphatic carbocycles. The van der Waals surface area contributed by atoms with Crippen molar-refractivity contribution in [3.05, 3.63) is 48.0 Å². The van der Waals surface area contributed by atoms with Crippen molar-refractivity contribution < 1.29 is 14.3 Å². The van der Waals surface area contributed by atoms with E-state index in [-0.39, 0.29) is 17.9 Å². The first-order valence-electron chi connectivity index (χ1n) is 8.92. The minimum absolute atomic E-state index is 0.0723. The van der Waals surface area contributed by atoms with Crippen LogP contribution in [0.25, 0.3) is 10.2 Å². The first kappa shape index (κ1) is 19.2. The first-order chi connectivity index (χ1) is 12.8. The molecule has 0 radical (unpaired) electrons. The van der Waals surface area contributed by atoms with Crippen molar-refractivity contribution in [2.45, 2.75) is 33.1 Å². The molecule has 1 amide bonds. The minimum Gasteiger partial charge on any atom is -0.494 e. The summed E-state index contributed by atoms with van der Waals surface area (Å²) in [7, 11) is 0. The Morgan fingerprint density at radius 1 is 1.07 bits per heavy atom. The third-order valence-electron chi connectivity index (χ3n) is 4.01. The summed E-state index contributed by atoms with van der Waals surface area (Å²) in [6.07, 6.45) is 0. The molecule has 0 aliphatic rings. The fraction of sp³-hybridized carbons (Fsp3) is 0.333.